The largest absolute Gasteiger partial charge is 0.481 e. The summed E-state index contributed by atoms with van der Waals surface area (Å²) in [5.41, 5.74) is 1.32. The zero-order valence-corrected chi connectivity index (χ0v) is 8.72. The van der Waals surface area contributed by atoms with E-state index in [2.05, 4.69) is 4.98 Å². The maximum Gasteiger partial charge on any atom is 0.306 e. The molecule has 1 N–H and O–H groups in total. The standard InChI is InChI=1S/C11H11FN2O2/c1-7(11(15)16)4-9-5-13-10-3-2-8(12)6-14(9)10/h2-3,5-7H,4H2,1H3,(H,15,16). The minimum Gasteiger partial charge on any atom is -0.481 e. The maximum absolute atomic E-state index is 13.0. The quantitative estimate of drug-likeness (QED) is 0.860. The molecule has 0 amide bonds. The number of carboxylic acids is 1. The number of nitrogens with zero attached hydrogens (tertiary/aromatic N) is 2. The van der Waals surface area contributed by atoms with E-state index in [0.717, 1.165) is 0 Å². The van der Waals surface area contributed by atoms with Crippen molar-refractivity contribution in [3.63, 3.8) is 0 Å². The summed E-state index contributed by atoms with van der Waals surface area (Å²) < 4.78 is 14.6. The number of aliphatic carboxylic acids is 1. The van der Waals surface area contributed by atoms with Crippen LogP contribution in [0, 0.1) is 11.7 Å². The molecular formula is C11H11FN2O2. The van der Waals surface area contributed by atoms with Crippen molar-refractivity contribution in [1.82, 2.24) is 9.38 Å². The van der Waals surface area contributed by atoms with Crippen LogP contribution < -0.4 is 0 Å². The lowest BCUT2D eigenvalue weighted by atomic mass is 10.1. The van der Waals surface area contributed by atoms with Gasteiger partial charge in [-0.1, -0.05) is 6.92 Å². The van der Waals surface area contributed by atoms with Gasteiger partial charge in [-0.25, -0.2) is 9.37 Å². The van der Waals surface area contributed by atoms with Crippen LogP contribution in [0.4, 0.5) is 4.39 Å². The minimum atomic E-state index is -0.869. The molecular weight excluding hydrogens is 211 g/mol. The molecule has 0 bridgehead atoms. The van der Waals surface area contributed by atoms with Gasteiger partial charge in [0.15, 0.2) is 0 Å². The molecule has 0 radical (unpaired) electrons. The topological polar surface area (TPSA) is 54.6 Å². The monoisotopic (exact) mass is 222 g/mol. The van der Waals surface area contributed by atoms with Crippen molar-refractivity contribution in [3.8, 4) is 0 Å². The number of carbonyl (C=O) groups is 1. The second kappa shape index (κ2) is 3.92. The molecule has 2 aromatic heterocycles. The first-order chi connectivity index (χ1) is 7.58. The van der Waals surface area contributed by atoms with Crippen LogP contribution in [0.5, 0.6) is 0 Å². The number of carboxylic acid groups (broad SMARTS) is 1. The van der Waals surface area contributed by atoms with Crippen LogP contribution >= 0.6 is 0 Å². The van der Waals surface area contributed by atoms with Crippen molar-refractivity contribution in [2.24, 2.45) is 5.92 Å². The van der Waals surface area contributed by atoms with E-state index < -0.39 is 11.9 Å². The predicted octanol–water partition coefficient (Wildman–Crippen LogP) is 1.74. The van der Waals surface area contributed by atoms with E-state index in [1.807, 2.05) is 0 Å². The SMILES string of the molecule is CC(Cc1cnc2ccc(F)cn12)C(=O)O. The van der Waals surface area contributed by atoms with E-state index in [1.165, 1.54) is 12.3 Å². The summed E-state index contributed by atoms with van der Waals surface area (Å²) >= 11 is 0. The summed E-state index contributed by atoms with van der Waals surface area (Å²) in [5, 5.41) is 8.80. The number of fused-ring (bicyclic) bond motifs is 1. The summed E-state index contributed by atoms with van der Waals surface area (Å²) in [7, 11) is 0. The van der Waals surface area contributed by atoms with Gasteiger partial charge in [-0.3, -0.25) is 4.79 Å². The van der Waals surface area contributed by atoms with Gasteiger partial charge >= 0.3 is 5.97 Å². The third-order valence-corrected chi connectivity index (χ3v) is 2.48. The van der Waals surface area contributed by atoms with Crippen molar-refractivity contribution in [3.05, 3.63) is 36.0 Å². The van der Waals surface area contributed by atoms with Gasteiger partial charge in [0.05, 0.1) is 5.92 Å². The van der Waals surface area contributed by atoms with Crippen LogP contribution in [0.1, 0.15) is 12.6 Å². The Morgan fingerprint density at radius 2 is 2.38 bits per heavy atom. The molecule has 2 aromatic rings. The number of hydrogen-bond donors (Lipinski definition) is 1. The second-order valence-electron chi connectivity index (χ2n) is 3.77. The van der Waals surface area contributed by atoms with Gasteiger partial charge < -0.3 is 9.51 Å². The van der Waals surface area contributed by atoms with Crippen LogP contribution in [-0.4, -0.2) is 20.5 Å². The van der Waals surface area contributed by atoms with Crippen LogP contribution in [0.25, 0.3) is 5.65 Å². The Morgan fingerprint density at radius 3 is 3.06 bits per heavy atom. The van der Waals surface area contributed by atoms with Gasteiger partial charge in [-0.2, -0.15) is 0 Å². The van der Waals surface area contributed by atoms with Gasteiger partial charge in [0, 0.05) is 24.5 Å². The van der Waals surface area contributed by atoms with Gasteiger partial charge in [-0.15, -0.1) is 0 Å². The first kappa shape index (κ1) is 10.6. The second-order valence-corrected chi connectivity index (χ2v) is 3.77. The highest BCUT2D eigenvalue weighted by molar-refractivity contribution is 5.69. The number of imidazole rings is 1. The number of hydrogen-bond acceptors (Lipinski definition) is 2. The van der Waals surface area contributed by atoms with Gasteiger partial charge in [0.2, 0.25) is 0 Å². The molecule has 5 heteroatoms. The lowest BCUT2D eigenvalue weighted by Crippen LogP contribution is -2.13. The molecule has 1 unspecified atom stereocenters. The number of halogens is 1. The lowest BCUT2D eigenvalue weighted by Gasteiger charge is -2.05. The number of aromatic nitrogens is 2. The highest BCUT2D eigenvalue weighted by atomic mass is 19.1. The fraction of sp³-hybridized carbons (Fsp3) is 0.273. The average Bonchev–Trinajstić information content (AvgIpc) is 2.61. The zero-order valence-electron chi connectivity index (χ0n) is 8.72. The Labute approximate surface area is 91.4 Å². The van der Waals surface area contributed by atoms with Crippen molar-refractivity contribution >= 4 is 11.6 Å². The summed E-state index contributed by atoms with van der Waals surface area (Å²) in [5.74, 6) is -1.75. The molecule has 4 nitrogen and oxygen atoms in total. The molecule has 2 rings (SSSR count). The molecule has 0 aliphatic rings. The zero-order chi connectivity index (χ0) is 11.7. The Morgan fingerprint density at radius 1 is 1.62 bits per heavy atom. The normalized spacial score (nSPS) is 12.9. The summed E-state index contributed by atoms with van der Waals surface area (Å²) in [6, 6.07) is 2.89. The Balaban J connectivity index is 2.37. The fourth-order valence-corrected chi connectivity index (χ4v) is 1.56. The van der Waals surface area contributed by atoms with E-state index in [9.17, 15) is 9.18 Å². The summed E-state index contributed by atoms with van der Waals surface area (Å²) in [6.45, 7) is 1.61. The minimum absolute atomic E-state index is 0.333. The smallest absolute Gasteiger partial charge is 0.306 e. The molecule has 84 valence electrons. The first-order valence-corrected chi connectivity index (χ1v) is 4.92. The molecule has 0 aliphatic heterocycles. The Bertz CT molecular complexity index is 536. The lowest BCUT2D eigenvalue weighted by molar-refractivity contribution is -0.141. The Hall–Kier alpha value is -1.91. The van der Waals surface area contributed by atoms with Gasteiger partial charge in [0.25, 0.3) is 0 Å². The summed E-state index contributed by atoms with van der Waals surface area (Å²) in [6.07, 6.45) is 3.22. The molecule has 0 aromatic carbocycles. The van der Waals surface area contributed by atoms with E-state index in [1.54, 1.807) is 23.6 Å². The van der Waals surface area contributed by atoms with E-state index in [0.29, 0.717) is 17.8 Å². The third kappa shape index (κ3) is 1.88. The molecule has 0 fully saturated rings. The maximum atomic E-state index is 13.0. The Kier molecular flexibility index (Phi) is 2.60. The molecule has 0 spiro atoms. The average molecular weight is 222 g/mol. The van der Waals surface area contributed by atoms with Gasteiger partial charge in [0.1, 0.15) is 11.5 Å². The van der Waals surface area contributed by atoms with Gasteiger partial charge in [-0.05, 0) is 12.1 Å². The van der Waals surface area contributed by atoms with Crippen LogP contribution in [0.3, 0.4) is 0 Å². The van der Waals surface area contributed by atoms with E-state index >= 15 is 0 Å². The molecule has 0 aliphatic carbocycles. The number of pyridine rings is 1. The fourth-order valence-electron chi connectivity index (χ4n) is 1.56. The van der Waals surface area contributed by atoms with Crippen molar-refractivity contribution in [2.45, 2.75) is 13.3 Å². The molecule has 1 atom stereocenters. The van der Waals surface area contributed by atoms with Crippen molar-refractivity contribution in [1.29, 1.82) is 0 Å². The molecule has 0 saturated heterocycles. The molecule has 2 heterocycles. The third-order valence-electron chi connectivity index (χ3n) is 2.48. The van der Waals surface area contributed by atoms with Crippen LogP contribution in [0.2, 0.25) is 0 Å². The van der Waals surface area contributed by atoms with E-state index in [4.69, 9.17) is 5.11 Å². The highest BCUT2D eigenvalue weighted by Crippen LogP contribution is 2.12. The predicted molar refractivity (Wildman–Crippen MR) is 55.7 cm³/mol. The van der Waals surface area contributed by atoms with Crippen LogP contribution in [-0.2, 0) is 11.2 Å². The molecule has 16 heavy (non-hydrogen) atoms. The van der Waals surface area contributed by atoms with Crippen LogP contribution in [0.15, 0.2) is 24.5 Å². The van der Waals surface area contributed by atoms with E-state index in [-0.39, 0.29) is 5.82 Å². The van der Waals surface area contributed by atoms with Crippen molar-refractivity contribution < 1.29 is 14.3 Å². The first-order valence-electron chi connectivity index (χ1n) is 4.92. The number of rotatable bonds is 3. The summed E-state index contributed by atoms with van der Waals surface area (Å²) in [4.78, 5) is 14.8. The molecule has 0 saturated carbocycles. The highest BCUT2D eigenvalue weighted by Gasteiger charge is 2.14. The van der Waals surface area contributed by atoms with Crippen molar-refractivity contribution in [2.75, 3.05) is 0 Å².